The van der Waals surface area contributed by atoms with E-state index in [0.717, 1.165) is 37.5 Å². The Hall–Kier alpha value is -1.59. The summed E-state index contributed by atoms with van der Waals surface area (Å²) in [6, 6.07) is 0. The Kier molecular flexibility index (Phi) is 8.42. The number of rotatable bonds is 9. The molecule has 0 aliphatic heterocycles. The number of carbonyl (C=O) groups is 3. The van der Waals surface area contributed by atoms with Crippen molar-refractivity contribution in [3.63, 3.8) is 0 Å². The van der Waals surface area contributed by atoms with Crippen molar-refractivity contribution in [3.05, 3.63) is 0 Å². The molecule has 9 atom stereocenters. The van der Waals surface area contributed by atoms with Crippen LogP contribution in [0.4, 0.5) is 0 Å². The molecular weight excluding hydrogens is 540 g/mol. The lowest BCUT2D eigenvalue weighted by Crippen LogP contribution is -2.66. The molecule has 5 aliphatic carbocycles. The van der Waals surface area contributed by atoms with Crippen molar-refractivity contribution in [1.82, 2.24) is 0 Å². The van der Waals surface area contributed by atoms with Crippen molar-refractivity contribution in [3.8, 4) is 0 Å². The first kappa shape index (κ1) is 32.8. The van der Waals surface area contributed by atoms with E-state index in [9.17, 15) is 24.6 Å². The third kappa shape index (κ3) is 5.37. The molecule has 0 bridgehead atoms. The summed E-state index contributed by atoms with van der Waals surface area (Å²) in [5.41, 5.74) is 0.435. The summed E-state index contributed by atoms with van der Waals surface area (Å²) in [5, 5.41) is 18.6. The van der Waals surface area contributed by atoms with E-state index in [1.807, 2.05) is 13.8 Å². The lowest BCUT2D eigenvalue weighted by molar-refractivity contribution is -0.249. The van der Waals surface area contributed by atoms with Crippen molar-refractivity contribution in [2.24, 2.45) is 56.2 Å². The smallest absolute Gasteiger partial charge is 0.306 e. The van der Waals surface area contributed by atoms with Crippen LogP contribution in [0.15, 0.2) is 0 Å². The van der Waals surface area contributed by atoms with Gasteiger partial charge in [-0.25, -0.2) is 0 Å². The van der Waals surface area contributed by atoms with Gasteiger partial charge in [0.25, 0.3) is 0 Å². The molecule has 6 nitrogen and oxygen atoms in total. The van der Waals surface area contributed by atoms with Gasteiger partial charge in [-0.15, -0.1) is 0 Å². The summed E-state index contributed by atoms with van der Waals surface area (Å²) in [7, 11) is 0. The summed E-state index contributed by atoms with van der Waals surface area (Å²) >= 11 is 0. The minimum atomic E-state index is -0.880. The first-order valence-electron chi connectivity index (χ1n) is 17.5. The van der Waals surface area contributed by atoms with Crippen LogP contribution in [-0.4, -0.2) is 34.2 Å². The Morgan fingerprint density at radius 2 is 1.47 bits per heavy atom. The zero-order valence-electron chi connectivity index (χ0n) is 28.2. The molecule has 2 N–H and O–H groups in total. The molecule has 0 heterocycles. The van der Waals surface area contributed by atoms with Crippen LogP contribution in [-0.2, 0) is 19.1 Å². The average molecular weight is 601 g/mol. The number of ether oxygens (including phenoxy) is 1. The number of fused-ring (bicyclic) bond motifs is 7. The van der Waals surface area contributed by atoms with E-state index in [-0.39, 0.29) is 41.2 Å². The molecular formula is C37H60O6. The fourth-order valence-electron chi connectivity index (χ4n) is 13.0. The predicted molar refractivity (Wildman–Crippen MR) is 167 cm³/mol. The molecule has 5 rings (SSSR count). The maximum Gasteiger partial charge on any atom is 0.306 e. The van der Waals surface area contributed by atoms with Crippen LogP contribution in [0.1, 0.15) is 151 Å². The van der Waals surface area contributed by atoms with Gasteiger partial charge < -0.3 is 14.9 Å². The Balaban J connectivity index is 1.33. The van der Waals surface area contributed by atoms with Crippen LogP contribution < -0.4 is 0 Å². The van der Waals surface area contributed by atoms with Crippen LogP contribution in [0.3, 0.4) is 0 Å². The van der Waals surface area contributed by atoms with Crippen molar-refractivity contribution < 1.29 is 29.3 Å². The predicted octanol–water partition coefficient (Wildman–Crippen LogP) is 8.90. The van der Waals surface area contributed by atoms with Crippen molar-refractivity contribution in [2.45, 2.75) is 157 Å². The Morgan fingerprint density at radius 3 is 2.14 bits per heavy atom. The number of carboxylic acid groups (broad SMARTS) is 2. The molecule has 0 aromatic rings. The molecule has 5 aliphatic rings. The summed E-state index contributed by atoms with van der Waals surface area (Å²) in [5.74, 6) is 0.851. The molecule has 43 heavy (non-hydrogen) atoms. The standard InChI is InChI=1S/C37H60O6/c1-32(2,22-30(40)41)23-31(42)43-28-15-18-34(5)26(33(28,3)4)14-19-36(7)27(34)13-12-24-25-10-8-16-37(25,17-9-11-29(38)39)21-20-35(24,36)6/h24-28H,8-23H2,1-7H3,(H,38,39)(H,40,41)/t24-,25-,26?,27?,28+,34+,35-,36-,37+/m1/s1. The second-order valence-corrected chi connectivity index (χ2v) is 18.0. The van der Waals surface area contributed by atoms with Crippen LogP contribution in [0.5, 0.6) is 0 Å². The molecule has 0 saturated heterocycles. The summed E-state index contributed by atoms with van der Waals surface area (Å²) in [6.07, 6.45) is 15.7. The molecule has 244 valence electrons. The van der Waals surface area contributed by atoms with Gasteiger partial charge >= 0.3 is 17.9 Å². The summed E-state index contributed by atoms with van der Waals surface area (Å²) < 4.78 is 6.22. The third-order valence-electron chi connectivity index (χ3n) is 15.1. The van der Waals surface area contributed by atoms with Crippen LogP contribution in [0.2, 0.25) is 0 Å². The first-order chi connectivity index (χ1) is 19.9. The van der Waals surface area contributed by atoms with E-state index >= 15 is 0 Å². The van der Waals surface area contributed by atoms with Gasteiger partial charge in [0.2, 0.25) is 0 Å². The molecule has 0 amide bonds. The van der Waals surface area contributed by atoms with Gasteiger partial charge in [0.05, 0.1) is 12.8 Å². The minimum absolute atomic E-state index is 0.0405. The summed E-state index contributed by atoms with van der Waals surface area (Å²) in [4.78, 5) is 35.7. The largest absolute Gasteiger partial charge is 0.481 e. The minimum Gasteiger partial charge on any atom is -0.481 e. The zero-order valence-corrected chi connectivity index (χ0v) is 28.2. The number of hydrogen-bond donors (Lipinski definition) is 2. The lowest BCUT2D eigenvalue weighted by Gasteiger charge is -2.72. The zero-order chi connectivity index (χ0) is 31.6. The lowest BCUT2D eigenvalue weighted by atomic mass is 9.32. The fourth-order valence-corrected chi connectivity index (χ4v) is 13.0. The normalized spacial score (nSPS) is 43.5. The van der Waals surface area contributed by atoms with Crippen molar-refractivity contribution >= 4 is 17.9 Å². The van der Waals surface area contributed by atoms with Crippen molar-refractivity contribution in [1.29, 1.82) is 0 Å². The summed E-state index contributed by atoms with van der Waals surface area (Å²) in [6.45, 7) is 16.2. The van der Waals surface area contributed by atoms with E-state index in [0.29, 0.717) is 29.1 Å². The van der Waals surface area contributed by atoms with Crippen LogP contribution in [0, 0.1) is 56.2 Å². The molecule has 2 unspecified atom stereocenters. The van der Waals surface area contributed by atoms with Gasteiger partial charge in [0.1, 0.15) is 6.10 Å². The number of aliphatic carboxylic acids is 2. The third-order valence-corrected chi connectivity index (χ3v) is 15.1. The number of carbonyl (C=O) groups excluding carboxylic acids is 1. The van der Waals surface area contributed by atoms with Gasteiger partial charge in [-0.05, 0) is 128 Å². The van der Waals surface area contributed by atoms with E-state index in [1.165, 1.54) is 57.8 Å². The fraction of sp³-hybridized carbons (Fsp3) is 0.919. The van der Waals surface area contributed by atoms with E-state index in [4.69, 9.17) is 4.74 Å². The van der Waals surface area contributed by atoms with Gasteiger partial charge in [0.15, 0.2) is 0 Å². The maximum absolute atomic E-state index is 13.1. The average Bonchev–Trinajstić information content (AvgIpc) is 3.29. The highest BCUT2D eigenvalue weighted by molar-refractivity contribution is 5.73. The van der Waals surface area contributed by atoms with E-state index < -0.39 is 17.4 Å². The molecule has 5 fully saturated rings. The number of esters is 1. The van der Waals surface area contributed by atoms with Gasteiger partial charge in [-0.3, -0.25) is 14.4 Å². The van der Waals surface area contributed by atoms with E-state index in [2.05, 4.69) is 34.6 Å². The van der Waals surface area contributed by atoms with Gasteiger partial charge in [-0.1, -0.05) is 54.9 Å². The monoisotopic (exact) mass is 600 g/mol. The highest BCUT2D eigenvalue weighted by Crippen LogP contribution is 2.77. The molecule has 0 aromatic heterocycles. The maximum atomic E-state index is 13.1. The Labute approximate surface area is 260 Å². The van der Waals surface area contributed by atoms with Gasteiger partial charge in [0, 0.05) is 11.8 Å². The second-order valence-electron chi connectivity index (χ2n) is 18.0. The SMILES string of the molecule is CC(C)(CC(=O)O)CC(=O)O[C@H]1CC[C@@]2(C)C(CC[C@]3(C)C2CC[C@@H]2[C@H]4CCC[C@]4(CCCC(=O)O)CC[C@]23C)C1(C)C. The van der Waals surface area contributed by atoms with Crippen LogP contribution in [0.25, 0.3) is 0 Å². The highest BCUT2D eigenvalue weighted by atomic mass is 16.5. The second kappa shape index (κ2) is 11.0. The Morgan fingerprint density at radius 1 is 0.744 bits per heavy atom. The Bertz CT molecular complexity index is 1110. The van der Waals surface area contributed by atoms with Crippen LogP contribution >= 0.6 is 0 Å². The number of hydrogen-bond acceptors (Lipinski definition) is 4. The molecule has 0 spiro atoms. The molecule has 0 aromatic carbocycles. The van der Waals surface area contributed by atoms with Crippen molar-refractivity contribution in [2.75, 3.05) is 0 Å². The number of carboxylic acids is 2. The van der Waals surface area contributed by atoms with E-state index in [1.54, 1.807) is 0 Å². The molecule has 0 radical (unpaired) electrons. The molecule has 6 heteroatoms. The quantitative estimate of drug-likeness (QED) is 0.256. The first-order valence-corrected chi connectivity index (χ1v) is 17.5. The topological polar surface area (TPSA) is 101 Å². The van der Waals surface area contributed by atoms with Gasteiger partial charge in [-0.2, -0.15) is 0 Å². The highest BCUT2D eigenvalue weighted by Gasteiger charge is 2.70. The molecule has 5 saturated carbocycles.